The fraction of sp³-hybridized carbons (Fsp3) is 0.552. The number of carbonyl (C=O) groups excluding carboxylic acids is 5. The number of nitrogens with one attached hydrogen (secondary N) is 4. The highest BCUT2D eigenvalue weighted by molar-refractivity contribution is 6.02. The van der Waals surface area contributed by atoms with Crippen molar-refractivity contribution in [3.8, 4) is 5.75 Å². The molecule has 1 aliphatic rings. The number of esters is 1. The number of rotatable bonds is 14. The number of benzene rings is 1. The maximum Gasteiger partial charge on any atom is 0.323 e. The van der Waals surface area contributed by atoms with E-state index in [1.807, 2.05) is 13.8 Å². The number of amides is 3. The molecule has 0 bridgehead atoms. The Morgan fingerprint density at radius 1 is 1.15 bits per heavy atom. The summed E-state index contributed by atoms with van der Waals surface area (Å²) in [7, 11) is 0.944. The van der Waals surface area contributed by atoms with Crippen LogP contribution in [0.2, 0.25) is 0 Å². The standard InChI is InChI=1S/C29H41N5O7/c1-16(2)12-22(33-28(38)23-14-19-20(31-23)8-7-9-25(19)40-6)27(37)32-21(13-18-10-11-30-26(18)36)24(35)15-41-29(39)17(3)34(4)5/h7-9,14,16-18,21-22,31H,10-13,15H2,1-6H3,(H,30,36)(H,32,37)(H,33,38)/t17-,18-,21-,22-/m0/s1/i4D,5D. The van der Waals surface area contributed by atoms with Crippen molar-refractivity contribution in [2.45, 2.75) is 58.2 Å². The number of hydrogen-bond donors (Lipinski definition) is 4. The van der Waals surface area contributed by atoms with Gasteiger partial charge in [0.05, 0.1) is 13.2 Å². The molecule has 4 atom stereocenters. The van der Waals surface area contributed by atoms with Crippen LogP contribution in [0.1, 0.15) is 53.3 Å². The maximum atomic E-state index is 13.5. The fourth-order valence-corrected chi connectivity index (χ4v) is 4.58. The molecule has 0 saturated carbocycles. The van der Waals surface area contributed by atoms with E-state index in [2.05, 4.69) is 20.9 Å². The van der Waals surface area contributed by atoms with Crippen molar-refractivity contribution in [3.05, 3.63) is 30.0 Å². The molecule has 12 nitrogen and oxygen atoms in total. The van der Waals surface area contributed by atoms with Gasteiger partial charge in [0.25, 0.3) is 5.91 Å². The van der Waals surface area contributed by atoms with Crippen molar-refractivity contribution < 1.29 is 36.2 Å². The molecule has 224 valence electrons. The molecule has 1 aromatic heterocycles. The molecule has 41 heavy (non-hydrogen) atoms. The van der Waals surface area contributed by atoms with Crippen LogP contribution in [-0.2, 0) is 23.9 Å². The summed E-state index contributed by atoms with van der Waals surface area (Å²) in [4.78, 5) is 69.0. The van der Waals surface area contributed by atoms with Gasteiger partial charge in [0.1, 0.15) is 23.5 Å². The van der Waals surface area contributed by atoms with E-state index in [0.717, 1.165) is 0 Å². The van der Waals surface area contributed by atoms with Crippen LogP contribution < -0.4 is 20.7 Å². The number of fused-ring (bicyclic) bond motifs is 1. The monoisotopic (exact) mass is 573 g/mol. The molecule has 3 amide bonds. The Morgan fingerprint density at radius 3 is 2.54 bits per heavy atom. The summed E-state index contributed by atoms with van der Waals surface area (Å²) in [6, 6.07) is 3.93. The van der Waals surface area contributed by atoms with Gasteiger partial charge < -0.3 is 30.4 Å². The van der Waals surface area contributed by atoms with Crippen LogP contribution in [0.25, 0.3) is 10.9 Å². The van der Waals surface area contributed by atoms with Crippen molar-refractivity contribution in [2.75, 3.05) is 34.3 Å². The average molecular weight is 574 g/mol. The number of aromatic nitrogens is 1. The highest BCUT2D eigenvalue weighted by Crippen LogP contribution is 2.26. The first-order valence-corrected chi connectivity index (χ1v) is 13.6. The van der Waals surface area contributed by atoms with Gasteiger partial charge in [0.2, 0.25) is 11.8 Å². The summed E-state index contributed by atoms with van der Waals surface area (Å²) < 4.78 is 25.4. The Labute approximate surface area is 242 Å². The summed E-state index contributed by atoms with van der Waals surface area (Å²) in [6.45, 7) is 5.04. The summed E-state index contributed by atoms with van der Waals surface area (Å²) in [5.74, 6) is -2.69. The van der Waals surface area contributed by atoms with Gasteiger partial charge in [-0.1, -0.05) is 19.9 Å². The molecular weight excluding hydrogens is 530 g/mol. The molecular formula is C29H41N5O7. The predicted molar refractivity (Wildman–Crippen MR) is 152 cm³/mol. The lowest BCUT2D eigenvalue weighted by Crippen LogP contribution is -2.53. The molecule has 2 heterocycles. The lowest BCUT2D eigenvalue weighted by atomic mass is 9.95. The Morgan fingerprint density at radius 2 is 1.90 bits per heavy atom. The minimum absolute atomic E-state index is 0.000761. The zero-order valence-electron chi connectivity index (χ0n) is 26.0. The van der Waals surface area contributed by atoms with Crippen molar-refractivity contribution in [2.24, 2.45) is 11.8 Å². The van der Waals surface area contributed by atoms with Gasteiger partial charge in [-0.25, -0.2) is 0 Å². The first-order chi connectivity index (χ1) is 20.5. The van der Waals surface area contributed by atoms with E-state index < -0.39 is 54.2 Å². The van der Waals surface area contributed by atoms with E-state index >= 15 is 0 Å². The summed E-state index contributed by atoms with van der Waals surface area (Å²) in [5.41, 5.74) is 0.916. The number of ether oxygens (including phenoxy) is 2. The quantitative estimate of drug-likeness (QED) is 0.247. The third kappa shape index (κ3) is 8.29. The van der Waals surface area contributed by atoms with Crippen molar-refractivity contribution in [1.82, 2.24) is 25.8 Å². The second-order valence-corrected chi connectivity index (χ2v) is 10.7. The first-order valence-electron chi connectivity index (χ1n) is 15.0. The van der Waals surface area contributed by atoms with Crippen LogP contribution in [-0.4, -0.2) is 91.8 Å². The van der Waals surface area contributed by atoms with Crippen LogP contribution >= 0.6 is 0 Å². The minimum Gasteiger partial charge on any atom is -0.496 e. The molecule has 0 aliphatic carbocycles. The van der Waals surface area contributed by atoms with Crippen LogP contribution in [0.15, 0.2) is 24.3 Å². The number of likely N-dealkylation sites (N-methyl/N-ethyl adjacent to an activating group) is 1. The Hall–Kier alpha value is -3.93. The summed E-state index contributed by atoms with van der Waals surface area (Å²) in [6.07, 6.45) is 0.751. The lowest BCUT2D eigenvalue weighted by molar-refractivity contribution is -0.152. The lowest BCUT2D eigenvalue weighted by Gasteiger charge is -2.25. The topological polar surface area (TPSA) is 159 Å². The number of H-pyrrole nitrogens is 1. The molecule has 1 aliphatic heterocycles. The molecule has 0 radical (unpaired) electrons. The van der Waals surface area contributed by atoms with Crippen LogP contribution in [0.5, 0.6) is 5.75 Å². The number of nitrogens with zero attached hydrogens (tertiary/aromatic N) is 1. The third-order valence-electron chi connectivity index (χ3n) is 7.05. The molecule has 1 fully saturated rings. The second-order valence-electron chi connectivity index (χ2n) is 10.7. The molecule has 0 unspecified atom stereocenters. The van der Waals surface area contributed by atoms with Crippen molar-refractivity contribution >= 4 is 40.4 Å². The van der Waals surface area contributed by atoms with E-state index in [4.69, 9.17) is 12.2 Å². The normalized spacial score (nSPS) is 17.8. The summed E-state index contributed by atoms with van der Waals surface area (Å²) in [5, 5.41) is 8.87. The van der Waals surface area contributed by atoms with E-state index in [1.165, 1.54) is 18.9 Å². The van der Waals surface area contributed by atoms with Gasteiger partial charge in [-0.15, -0.1) is 0 Å². The molecule has 2 aromatic rings. The zero-order chi connectivity index (χ0) is 31.7. The first kappa shape index (κ1) is 28.6. The Balaban J connectivity index is 1.75. The highest BCUT2D eigenvalue weighted by atomic mass is 16.5. The molecule has 1 aromatic carbocycles. The van der Waals surface area contributed by atoms with Crippen LogP contribution in [0, 0.1) is 11.8 Å². The molecule has 12 heteroatoms. The predicted octanol–water partition coefficient (Wildman–Crippen LogP) is 1.39. The van der Waals surface area contributed by atoms with Gasteiger partial charge in [0, 0.05) is 26.1 Å². The number of hydrogen-bond acceptors (Lipinski definition) is 8. The number of methoxy groups -OCH3 is 1. The Bertz CT molecular complexity index is 1310. The fourth-order valence-electron chi connectivity index (χ4n) is 4.58. The largest absolute Gasteiger partial charge is 0.496 e. The van der Waals surface area contributed by atoms with Gasteiger partial charge in [0.15, 0.2) is 12.4 Å². The second kappa shape index (κ2) is 14.1. The Kier molecular flexibility index (Phi) is 9.84. The van der Waals surface area contributed by atoms with Crippen molar-refractivity contribution in [3.63, 3.8) is 0 Å². The van der Waals surface area contributed by atoms with Crippen LogP contribution in [0.3, 0.4) is 0 Å². The van der Waals surface area contributed by atoms with E-state index in [1.54, 1.807) is 24.3 Å². The van der Waals surface area contributed by atoms with E-state index in [-0.39, 0.29) is 44.4 Å². The number of Topliss-reactive ketones (excluding diaryl/α,β-unsaturated/α-hetero) is 1. The van der Waals surface area contributed by atoms with Crippen LogP contribution in [0.4, 0.5) is 0 Å². The number of carbonyl (C=O) groups is 5. The number of aromatic amines is 1. The maximum absolute atomic E-state index is 13.5. The molecule has 1 saturated heterocycles. The third-order valence-corrected chi connectivity index (χ3v) is 7.05. The minimum atomic E-state index is -1.16. The van der Waals surface area contributed by atoms with Gasteiger partial charge in [-0.05, 0) is 64.4 Å². The smallest absolute Gasteiger partial charge is 0.323 e. The highest BCUT2D eigenvalue weighted by Gasteiger charge is 2.34. The van der Waals surface area contributed by atoms with E-state index in [9.17, 15) is 24.0 Å². The van der Waals surface area contributed by atoms with Gasteiger partial charge in [-0.2, -0.15) is 0 Å². The van der Waals surface area contributed by atoms with E-state index in [0.29, 0.717) is 29.6 Å². The summed E-state index contributed by atoms with van der Waals surface area (Å²) >= 11 is 0. The SMILES string of the molecule is [2H]CN(C[2H])[C@@H](C)C(=O)OCC(=O)[C@H](C[C@@H]1CCNC1=O)NC(=O)[C@H](CC(C)C)NC(=O)c1cc2c(OC)cccc2[nH]1. The van der Waals surface area contributed by atoms with Crippen molar-refractivity contribution in [1.29, 1.82) is 0 Å². The number of ketones is 1. The average Bonchev–Trinajstić information content (AvgIpc) is 3.61. The zero-order valence-corrected chi connectivity index (χ0v) is 24.0. The van der Waals surface area contributed by atoms with Gasteiger partial charge in [-0.3, -0.25) is 28.9 Å². The van der Waals surface area contributed by atoms with Gasteiger partial charge >= 0.3 is 5.97 Å². The molecule has 4 N–H and O–H groups in total. The molecule has 3 rings (SSSR count). The molecule has 0 spiro atoms.